The Morgan fingerprint density at radius 1 is 1.03 bits per heavy atom. The number of urea groups is 1. The number of carbonyl (C=O) groups excluding carboxylic acids is 2. The predicted molar refractivity (Wildman–Crippen MR) is 120 cm³/mol. The molecular weight excluding hydrogens is 416 g/mol. The number of sulfonamides is 1. The van der Waals surface area contributed by atoms with E-state index in [9.17, 15) is 18.0 Å². The average Bonchev–Trinajstić information content (AvgIpc) is 2.74. The molecule has 0 aromatic heterocycles. The van der Waals surface area contributed by atoms with Gasteiger partial charge in [0.2, 0.25) is 15.9 Å². The Morgan fingerprint density at radius 2 is 1.77 bits per heavy atom. The molecule has 3 N–H and O–H groups in total. The summed E-state index contributed by atoms with van der Waals surface area (Å²) in [5.74, 6) is -0.267. The van der Waals surface area contributed by atoms with E-state index in [0.29, 0.717) is 29.9 Å². The highest BCUT2D eigenvalue weighted by Crippen LogP contribution is 2.29. The van der Waals surface area contributed by atoms with Crippen molar-refractivity contribution in [3.63, 3.8) is 0 Å². The molecule has 166 valence electrons. The third-order valence-corrected chi connectivity index (χ3v) is 7.29. The molecular formula is C22H28N4O4S. The fourth-order valence-corrected chi connectivity index (χ4v) is 5.63. The van der Waals surface area contributed by atoms with E-state index < -0.39 is 10.0 Å². The molecule has 0 saturated carbocycles. The lowest BCUT2D eigenvalue weighted by atomic mass is 10.1. The number of nitrogens with one attached hydrogen (secondary N) is 3. The van der Waals surface area contributed by atoms with Gasteiger partial charge in [0.05, 0.1) is 4.90 Å². The molecule has 2 aromatic carbocycles. The summed E-state index contributed by atoms with van der Waals surface area (Å²) >= 11 is 0. The van der Waals surface area contributed by atoms with Gasteiger partial charge in [0.15, 0.2) is 0 Å². The Labute approximate surface area is 183 Å². The van der Waals surface area contributed by atoms with Crippen molar-refractivity contribution in [1.29, 1.82) is 0 Å². The minimum absolute atomic E-state index is 0.166. The van der Waals surface area contributed by atoms with Crippen LogP contribution >= 0.6 is 0 Å². The van der Waals surface area contributed by atoms with Crippen LogP contribution < -0.4 is 16.0 Å². The molecule has 0 aliphatic carbocycles. The van der Waals surface area contributed by atoms with Crippen molar-refractivity contribution in [3.8, 4) is 0 Å². The second kappa shape index (κ2) is 9.93. The van der Waals surface area contributed by atoms with Crippen LogP contribution in [0.4, 0.5) is 16.2 Å². The van der Waals surface area contributed by atoms with E-state index in [1.165, 1.54) is 17.3 Å². The zero-order valence-electron chi connectivity index (χ0n) is 17.7. The van der Waals surface area contributed by atoms with Gasteiger partial charge in [-0.1, -0.05) is 30.7 Å². The van der Waals surface area contributed by atoms with Crippen molar-refractivity contribution in [2.45, 2.75) is 44.0 Å². The maximum Gasteiger partial charge on any atom is 0.319 e. The van der Waals surface area contributed by atoms with E-state index in [4.69, 9.17) is 0 Å². The highest BCUT2D eigenvalue weighted by atomic mass is 32.2. The minimum atomic E-state index is -3.80. The van der Waals surface area contributed by atoms with Crippen molar-refractivity contribution < 1.29 is 18.0 Å². The number of amides is 3. The molecule has 1 aliphatic heterocycles. The van der Waals surface area contributed by atoms with E-state index in [1.807, 2.05) is 18.2 Å². The minimum Gasteiger partial charge on any atom is -0.336 e. The summed E-state index contributed by atoms with van der Waals surface area (Å²) in [5.41, 5.74) is 1.71. The molecule has 0 bridgehead atoms. The van der Waals surface area contributed by atoms with Crippen LogP contribution in [0.25, 0.3) is 0 Å². The number of aryl methyl sites for hydroxylation is 1. The zero-order chi connectivity index (χ0) is 22.4. The summed E-state index contributed by atoms with van der Waals surface area (Å²) in [4.78, 5) is 23.8. The third kappa shape index (κ3) is 5.83. The first-order chi connectivity index (χ1) is 14.8. The van der Waals surface area contributed by atoms with Crippen molar-refractivity contribution in [3.05, 3.63) is 54.1 Å². The smallest absolute Gasteiger partial charge is 0.319 e. The SMILES string of the molecule is CC(=O)Nc1ccc(C)c(S(=O)(=O)N2CCCCC2CNC(=O)Nc2ccccc2)c1. The molecule has 1 saturated heterocycles. The molecule has 1 fully saturated rings. The molecule has 3 rings (SSSR count). The molecule has 0 radical (unpaired) electrons. The number of piperidine rings is 1. The highest BCUT2D eigenvalue weighted by molar-refractivity contribution is 7.89. The van der Waals surface area contributed by atoms with Crippen molar-refractivity contribution in [2.24, 2.45) is 0 Å². The standard InChI is InChI=1S/C22H28N4O4S/c1-16-11-12-19(24-17(2)27)14-21(16)31(29,30)26-13-7-6-10-20(26)15-23-22(28)25-18-8-4-3-5-9-18/h3-5,8-9,11-12,14,20H,6-7,10,13,15H2,1-2H3,(H,24,27)(H2,23,25,28). The Bertz CT molecular complexity index is 1040. The Morgan fingerprint density at radius 3 is 2.48 bits per heavy atom. The van der Waals surface area contributed by atoms with Gasteiger partial charge >= 0.3 is 6.03 Å². The van der Waals surface area contributed by atoms with Crippen LogP contribution in [0.5, 0.6) is 0 Å². The van der Waals surface area contributed by atoms with Gasteiger partial charge in [-0.25, -0.2) is 13.2 Å². The third-order valence-electron chi connectivity index (χ3n) is 5.20. The summed E-state index contributed by atoms with van der Waals surface area (Å²) in [6.07, 6.45) is 2.31. The van der Waals surface area contributed by atoms with Crippen molar-refractivity contribution >= 4 is 33.3 Å². The number of hydrogen-bond donors (Lipinski definition) is 3. The molecule has 2 aromatic rings. The predicted octanol–water partition coefficient (Wildman–Crippen LogP) is 3.32. The van der Waals surface area contributed by atoms with Gasteiger partial charge < -0.3 is 16.0 Å². The van der Waals surface area contributed by atoms with Crippen LogP contribution in [-0.4, -0.2) is 43.8 Å². The normalized spacial score (nSPS) is 17.0. The monoisotopic (exact) mass is 444 g/mol. The summed E-state index contributed by atoms with van der Waals surface area (Å²) in [6.45, 7) is 3.71. The van der Waals surface area contributed by atoms with Crippen LogP contribution in [0.15, 0.2) is 53.4 Å². The maximum absolute atomic E-state index is 13.5. The Balaban J connectivity index is 1.74. The van der Waals surface area contributed by atoms with Crippen LogP contribution in [0.2, 0.25) is 0 Å². The van der Waals surface area contributed by atoms with Crippen LogP contribution in [0, 0.1) is 6.92 Å². The molecule has 1 atom stereocenters. The van der Waals surface area contributed by atoms with E-state index in [1.54, 1.807) is 31.2 Å². The van der Waals surface area contributed by atoms with E-state index in [-0.39, 0.29) is 29.4 Å². The highest BCUT2D eigenvalue weighted by Gasteiger charge is 2.34. The van der Waals surface area contributed by atoms with Crippen molar-refractivity contribution in [1.82, 2.24) is 9.62 Å². The molecule has 8 nitrogen and oxygen atoms in total. The van der Waals surface area contributed by atoms with Gasteiger partial charge in [0.25, 0.3) is 0 Å². The van der Waals surface area contributed by atoms with Crippen LogP contribution in [0.1, 0.15) is 31.7 Å². The summed E-state index contributed by atoms with van der Waals surface area (Å²) in [7, 11) is -3.80. The summed E-state index contributed by atoms with van der Waals surface area (Å²) in [5, 5.41) is 8.17. The molecule has 0 spiro atoms. The zero-order valence-corrected chi connectivity index (χ0v) is 18.5. The summed E-state index contributed by atoms with van der Waals surface area (Å²) < 4.78 is 28.4. The number of rotatable bonds is 6. The lowest BCUT2D eigenvalue weighted by Crippen LogP contribution is -2.50. The lowest BCUT2D eigenvalue weighted by molar-refractivity contribution is -0.114. The largest absolute Gasteiger partial charge is 0.336 e. The quantitative estimate of drug-likeness (QED) is 0.635. The fraction of sp³-hybridized carbons (Fsp3) is 0.364. The maximum atomic E-state index is 13.5. The van der Waals surface area contributed by atoms with Crippen LogP contribution in [0.3, 0.4) is 0 Å². The topological polar surface area (TPSA) is 108 Å². The number of benzene rings is 2. The molecule has 31 heavy (non-hydrogen) atoms. The first kappa shape index (κ1) is 22.8. The number of nitrogens with zero attached hydrogens (tertiary/aromatic N) is 1. The summed E-state index contributed by atoms with van der Waals surface area (Å²) in [6, 6.07) is 13.2. The molecule has 3 amide bonds. The molecule has 1 heterocycles. The Kier molecular flexibility index (Phi) is 7.29. The van der Waals surface area contributed by atoms with E-state index in [2.05, 4.69) is 16.0 Å². The number of anilines is 2. The number of hydrogen-bond acceptors (Lipinski definition) is 4. The van der Waals surface area contributed by atoms with Gasteiger partial charge in [-0.05, 0) is 49.6 Å². The lowest BCUT2D eigenvalue weighted by Gasteiger charge is -2.35. The van der Waals surface area contributed by atoms with Crippen molar-refractivity contribution in [2.75, 3.05) is 23.7 Å². The second-order valence-electron chi connectivity index (χ2n) is 7.63. The second-order valence-corrected chi connectivity index (χ2v) is 9.49. The molecule has 1 aliphatic rings. The van der Waals surface area contributed by atoms with E-state index in [0.717, 1.165) is 12.8 Å². The molecule has 9 heteroatoms. The first-order valence-electron chi connectivity index (χ1n) is 10.3. The van der Waals surface area contributed by atoms with Gasteiger partial charge in [0, 0.05) is 37.4 Å². The number of para-hydroxylation sites is 1. The van der Waals surface area contributed by atoms with Gasteiger partial charge in [-0.2, -0.15) is 4.31 Å². The Hall–Kier alpha value is -2.91. The van der Waals surface area contributed by atoms with Gasteiger partial charge in [0.1, 0.15) is 0 Å². The van der Waals surface area contributed by atoms with Gasteiger partial charge in [-0.3, -0.25) is 4.79 Å². The van der Waals surface area contributed by atoms with Gasteiger partial charge in [-0.15, -0.1) is 0 Å². The van der Waals surface area contributed by atoms with E-state index >= 15 is 0 Å². The fourth-order valence-electron chi connectivity index (χ4n) is 3.69. The number of carbonyl (C=O) groups is 2. The van der Waals surface area contributed by atoms with Crippen LogP contribution in [-0.2, 0) is 14.8 Å². The first-order valence-corrected chi connectivity index (χ1v) is 11.7. The molecule has 1 unspecified atom stereocenters. The average molecular weight is 445 g/mol.